The van der Waals surface area contributed by atoms with E-state index in [0.717, 1.165) is 0 Å². The number of benzene rings is 1. The second-order valence-electron chi connectivity index (χ2n) is 7.19. The summed E-state index contributed by atoms with van der Waals surface area (Å²) in [4.78, 5) is 37.2. The summed E-state index contributed by atoms with van der Waals surface area (Å²) in [6.07, 6.45) is -0.981. The van der Waals surface area contributed by atoms with Gasteiger partial charge in [-0.25, -0.2) is 4.79 Å². The molecule has 0 heterocycles. The Labute approximate surface area is 178 Å². The fraction of sp³-hybridized carbons (Fsp3) is 0.500. The molecule has 2 unspecified atom stereocenters. The number of amides is 1. The van der Waals surface area contributed by atoms with Crippen molar-refractivity contribution >= 4 is 40.4 Å². The highest BCUT2D eigenvalue weighted by molar-refractivity contribution is 14.1. The zero-order valence-corrected chi connectivity index (χ0v) is 18.6. The first-order chi connectivity index (χ1) is 13.1. The highest BCUT2D eigenvalue weighted by Gasteiger charge is 2.45. The van der Waals surface area contributed by atoms with Crippen molar-refractivity contribution in [3.05, 3.63) is 35.9 Å². The standard InChI is InChI=1S/C20H25IN2O5/c1-5-15(27-16(24)12-21)17(25)23-20(13-22,18(26)28-19(2,3)4)11-14-9-7-6-8-10-14/h6-10,15H,5,11-12H2,1-4H3,(H,23,25). The average Bonchev–Trinajstić information content (AvgIpc) is 2.64. The third-order valence-corrected chi connectivity index (χ3v) is 4.26. The van der Waals surface area contributed by atoms with Gasteiger partial charge in [-0.2, -0.15) is 5.26 Å². The Morgan fingerprint density at radius 1 is 1.21 bits per heavy atom. The Hall–Kier alpha value is -2.15. The second-order valence-corrected chi connectivity index (χ2v) is 7.95. The van der Waals surface area contributed by atoms with Gasteiger partial charge in [-0.05, 0) is 32.8 Å². The van der Waals surface area contributed by atoms with Gasteiger partial charge < -0.3 is 14.8 Å². The molecule has 28 heavy (non-hydrogen) atoms. The van der Waals surface area contributed by atoms with Crippen molar-refractivity contribution in [3.63, 3.8) is 0 Å². The summed E-state index contributed by atoms with van der Waals surface area (Å²) in [5.41, 5.74) is -2.12. The molecule has 0 fully saturated rings. The van der Waals surface area contributed by atoms with Crippen LogP contribution in [0, 0.1) is 11.3 Å². The Balaban J connectivity index is 3.21. The lowest BCUT2D eigenvalue weighted by atomic mass is 9.91. The molecule has 0 saturated heterocycles. The molecule has 0 radical (unpaired) electrons. The average molecular weight is 500 g/mol. The van der Waals surface area contributed by atoms with E-state index in [-0.39, 0.29) is 17.3 Å². The van der Waals surface area contributed by atoms with Crippen LogP contribution in [0.2, 0.25) is 0 Å². The van der Waals surface area contributed by atoms with Crippen LogP contribution >= 0.6 is 22.6 Å². The van der Waals surface area contributed by atoms with E-state index in [9.17, 15) is 19.6 Å². The molecule has 0 aliphatic carbocycles. The fourth-order valence-corrected chi connectivity index (χ4v) is 2.53. The van der Waals surface area contributed by atoms with Crippen molar-refractivity contribution in [2.24, 2.45) is 0 Å². The van der Waals surface area contributed by atoms with Crippen LogP contribution in [0.15, 0.2) is 30.3 Å². The van der Waals surface area contributed by atoms with Crippen molar-refractivity contribution in [1.29, 1.82) is 5.26 Å². The molecular weight excluding hydrogens is 475 g/mol. The van der Waals surface area contributed by atoms with Gasteiger partial charge in [0.15, 0.2) is 6.10 Å². The lowest BCUT2D eigenvalue weighted by Gasteiger charge is -2.31. The van der Waals surface area contributed by atoms with E-state index in [2.05, 4.69) is 5.32 Å². The number of nitriles is 1. The third-order valence-electron chi connectivity index (χ3n) is 3.63. The second kappa shape index (κ2) is 10.4. The summed E-state index contributed by atoms with van der Waals surface area (Å²) in [5.74, 6) is -2.13. The van der Waals surface area contributed by atoms with Gasteiger partial charge in [-0.15, -0.1) is 0 Å². The first-order valence-corrected chi connectivity index (χ1v) is 10.4. The lowest BCUT2D eigenvalue weighted by molar-refractivity contribution is -0.163. The molecule has 1 amide bonds. The summed E-state index contributed by atoms with van der Waals surface area (Å²) < 4.78 is 10.6. The molecule has 8 heteroatoms. The van der Waals surface area contributed by atoms with Crippen LogP contribution < -0.4 is 5.32 Å². The molecule has 0 spiro atoms. The van der Waals surface area contributed by atoms with Crippen molar-refractivity contribution in [3.8, 4) is 6.07 Å². The summed E-state index contributed by atoms with van der Waals surface area (Å²) in [5, 5.41) is 12.3. The van der Waals surface area contributed by atoms with Crippen LogP contribution in [0.5, 0.6) is 0 Å². The molecular formula is C20H25IN2O5. The van der Waals surface area contributed by atoms with Crippen LogP contribution in [0.25, 0.3) is 0 Å². The maximum Gasteiger partial charge on any atom is 0.347 e. The summed E-state index contributed by atoms with van der Waals surface area (Å²) >= 11 is 1.83. The van der Waals surface area contributed by atoms with E-state index in [1.54, 1.807) is 58.0 Å². The lowest BCUT2D eigenvalue weighted by Crippen LogP contribution is -2.59. The normalized spacial score (nSPS) is 14.1. The van der Waals surface area contributed by atoms with Crippen LogP contribution in [0.4, 0.5) is 0 Å². The van der Waals surface area contributed by atoms with Gasteiger partial charge >= 0.3 is 11.9 Å². The number of ether oxygens (including phenoxy) is 2. The van der Waals surface area contributed by atoms with Crippen molar-refractivity contribution in [1.82, 2.24) is 5.32 Å². The monoisotopic (exact) mass is 500 g/mol. The minimum Gasteiger partial charge on any atom is -0.457 e. The third kappa shape index (κ3) is 7.11. The van der Waals surface area contributed by atoms with Gasteiger partial charge in [0.1, 0.15) is 11.7 Å². The van der Waals surface area contributed by atoms with E-state index in [0.29, 0.717) is 5.56 Å². The largest absolute Gasteiger partial charge is 0.457 e. The number of carbonyl (C=O) groups excluding carboxylic acids is 3. The smallest absolute Gasteiger partial charge is 0.347 e. The SMILES string of the molecule is CCC(OC(=O)CI)C(=O)NC(C#N)(Cc1ccccc1)C(=O)OC(C)(C)C. The van der Waals surface area contributed by atoms with E-state index >= 15 is 0 Å². The van der Waals surface area contributed by atoms with Gasteiger partial charge in [0, 0.05) is 6.42 Å². The molecule has 2 atom stereocenters. The first kappa shape index (κ1) is 23.9. The zero-order chi connectivity index (χ0) is 21.4. The molecule has 7 nitrogen and oxygen atoms in total. The maximum atomic E-state index is 12.9. The molecule has 1 rings (SSSR count). The summed E-state index contributed by atoms with van der Waals surface area (Å²) in [6.45, 7) is 6.70. The molecule has 1 aromatic carbocycles. The highest BCUT2D eigenvalue weighted by atomic mass is 127. The van der Waals surface area contributed by atoms with Crippen molar-refractivity contribution < 1.29 is 23.9 Å². The Kier molecular flexibility index (Phi) is 8.88. The molecule has 152 valence electrons. The maximum absolute atomic E-state index is 12.9. The Morgan fingerprint density at radius 2 is 1.82 bits per heavy atom. The molecule has 0 aliphatic rings. The molecule has 0 aromatic heterocycles. The number of rotatable bonds is 8. The van der Waals surface area contributed by atoms with E-state index < -0.39 is 35.1 Å². The number of halogens is 1. The van der Waals surface area contributed by atoms with E-state index in [4.69, 9.17) is 9.47 Å². The van der Waals surface area contributed by atoms with Crippen molar-refractivity contribution in [2.75, 3.05) is 4.43 Å². The van der Waals surface area contributed by atoms with Crippen molar-refractivity contribution in [2.45, 2.75) is 57.8 Å². The first-order valence-electron chi connectivity index (χ1n) is 8.83. The van der Waals surface area contributed by atoms with Gasteiger partial charge in [0.05, 0.1) is 4.43 Å². The van der Waals surface area contributed by atoms with Gasteiger partial charge in [0.25, 0.3) is 5.91 Å². The molecule has 0 bridgehead atoms. The topological polar surface area (TPSA) is 105 Å². The zero-order valence-electron chi connectivity index (χ0n) is 16.5. The summed E-state index contributed by atoms with van der Waals surface area (Å²) in [6, 6.07) is 10.8. The molecule has 1 N–H and O–H groups in total. The number of esters is 2. The fourth-order valence-electron chi connectivity index (χ4n) is 2.35. The molecule has 1 aromatic rings. The minimum atomic E-state index is -1.95. The number of nitrogens with zero attached hydrogens (tertiary/aromatic N) is 1. The van der Waals surface area contributed by atoms with Crippen LogP contribution in [0.1, 0.15) is 39.7 Å². The minimum absolute atomic E-state index is 0.0817. The number of nitrogens with one attached hydrogen (secondary N) is 1. The number of hydrogen-bond acceptors (Lipinski definition) is 6. The predicted octanol–water partition coefficient (Wildman–Crippen LogP) is 2.71. The van der Waals surface area contributed by atoms with Crippen LogP contribution in [-0.4, -0.2) is 39.5 Å². The molecule has 0 saturated carbocycles. The number of carbonyl (C=O) groups is 3. The molecule has 0 aliphatic heterocycles. The number of alkyl halides is 1. The van der Waals surface area contributed by atoms with Gasteiger partial charge in [0.2, 0.25) is 5.54 Å². The van der Waals surface area contributed by atoms with Gasteiger partial charge in [-0.3, -0.25) is 9.59 Å². The van der Waals surface area contributed by atoms with Crippen LogP contribution in [-0.2, 0) is 30.3 Å². The highest BCUT2D eigenvalue weighted by Crippen LogP contribution is 2.20. The Bertz CT molecular complexity index is 739. The quantitative estimate of drug-likeness (QED) is 0.335. The van der Waals surface area contributed by atoms with Gasteiger partial charge in [-0.1, -0.05) is 59.8 Å². The predicted molar refractivity (Wildman–Crippen MR) is 112 cm³/mol. The summed E-state index contributed by atoms with van der Waals surface area (Å²) in [7, 11) is 0. The van der Waals surface area contributed by atoms with Crippen LogP contribution in [0.3, 0.4) is 0 Å². The van der Waals surface area contributed by atoms with E-state index in [1.807, 2.05) is 28.7 Å². The number of hydrogen-bond donors (Lipinski definition) is 1. The Morgan fingerprint density at radius 3 is 2.29 bits per heavy atom. The van der Waals surface area contributed by atoms with E-state index in [1.165, 1.54) is 0 Å².